The molecule has 4 rings (SSSR count). The van der Waals surface area contributed by atoms with Crippen LogP contribution in [0, 0.1) is 0 Å². The highest BCUT2D eigenvalue weighted by molar-refractivity contribution is 6.44. The number of aromatic nitrogens is 3. The van der Waals surface area contributed by atoms with Crippen LogP contribution in [0.4, 0.5) is 21.4 Å². The van der Waals surface area contributed by atoms with Crippen LogP contribution in [0.15, 0.2) is 30.6 Å². The molecule has 12 heteroatoms. The number of nitrogens with zero attached hydrogens (tertiary/aromatic N) is 4. The summed E-state index contributed by atoms with van der Waals surface area (Å²) in [5, 5.41) is 6.52. The van der Waals surface area contributed by atoms with Gasteiger partial charge in [-0.05, 0) is 67.4 Å². The number of piperidine rings is 1. The summed E-state index contributed by atoms with van der Waals surface area (Å²) in [5.41, 5.74) is -0.109. The van der Waals surface area contributed by atoms with Gasteiger partial charge in [0.2, 0.25) is 5.95 Å². The van der Waals surface area contributed by atoms with Gasteiger partial charge in [0.1, 0.15) is 11.2 Å². The summed E-state index contributed by atoms with van der Waals surface area (Å²) in [6, 6.07) is 5.26. The largest absolute Gasteiger partial charge is 0.444 e. The molecule has 1 aliphatic heterocycles. The number of hydrogen-bond acceptors (Lipinski definition) is 7. The maximum absolute atomic E-state index is 12.9. The molecule has 1 fully saturated rings. The molecule has 10 nitrogen and oxygen atoms in total. The van der Waals surface area contributed by atoms with Crippen molar-refractivity contribution >= 4 is 52.8 Å². The maximum Gasteiger partial charge on any atom is 0.413 e. The first-order chi connectivity index (χ1) is 18.6. The van der Waals surface area contributed by atoms with Gasteiger partial charge < -0.3 is 19.7 Å². The van der Waals surface area contributed by atoms with E-state index >= 15 is 0 Å². The van der Waals surface area contributed by atoms with E-state index in [2.05, 4.69) is 20.5 Å². The lowest BCUT2D eigenvalue weighted by Crippen LogP contribution is -2.54. The molecule has 3 heterocycles. The Bertz CT molecular complexity index is 1420. The van der Waals surface area contributed by atoms with Gasteiger partial charge in [-0.15, -0.1) is 0 Å². The molecule has 2 N–H and O–H groups in total. The Morgan fingerprint density at radius 2 is 1.62 bits per heavy atom. The molecule has 2 amide bonds. The van der Waals surface area contributed by atoms with Crippen molar-refractivity contribution < 1.29 is 19.1 Å². The third-order valence-corrected chi connectivity index (χ3v) is 7.14. The number of anilines is 2. The second-order valence-corrected chi connectivity index (χ2v) is 12.9. The Kier molecular flexibility index (Phi) is 8.15. The highest BCUT2D eigenvalue weighted by atomic mass is 35.5. The van der Waals surface area contributed by atoms with E-state index in [4.69, 9.17) is 37.7 Å². The number of imidazole rings is 1. The predicted octanol–water partition coefficient (Wildman–Crippen LogP) is 6.93. The Morgan fingerprint density at radius 1 is 1.00 bits per heavy atom. The van der Waals surface area contributed by atoms with E-state index < -0.39 is 28.9 Å². The number of amides is 2. The number of halogens is 2. The third-order valence-electron chi connectivity index (χ3n) is 6.32. The zero-order chi connectivity index (χ0) is 29.5. The average molecular weight is 592 g/mol. The molecule has 40 heavy (non-hydrogen) atoms. The molecular weight excluding hydrogens is 555 g/mol. The molecule has 1 aliphatic rings. The highest BCUT2D eigenvalue weighted by Crippen LogP contribution is 2.40. The quantitative estimate of drug-likeness (QED) is 0.339. The van der Waals surface area contributed by atoms with Crippen LogP contribution < -0.4 is 15.5 Å². The van der Waals surface area contributed by atoms with Crippen molar-refractivity contribution in [3.05, 3.63) is 40.6 Å². The lowest BCUT2D eigenvalue weighted by Gasteiger charge is -2.40. The minimum absolute atomic E-state index is 0.243. The lowest BCUT2D eigenvalue weighted by atomic mass is 9.90. The fourth-order valence-corrected chi connectivity index (χ4v) is 4.89. The van der Waals surface area contributed by atoms with E-state index in [0.29, 0.717) is 58.7 Å². The van der Waals surface area contributed by atoms with E-state index in [-0.39, 0.29) is 5.82 Å². The first-order valence-corrected chi connectivity index (χ1v) is 13.9. The van der Waals surface area contributed by atoms with Crippen LogP contribution in [0.1, 0.15) is 61.3 Å². The minimum atomic E-state index is -0.712. The van der Waals surface area contributed by atoms with E-state index in [1.807, 2.05) is 38.3 Å². The van der Waals surface area contributed by atoms with Crippen LogP contribution in [0.2, 0.25) is 10.0 Å². The van der Waals surface area contributed by atoms with Crippen molar-refractivity contribution in [1.82, 2.24) is 19.7 Å². The predicted molar refractivity (Wildman–Crippen MR) is 158 cm³/mol. The van der Waals surface area contributed by atoms with Crippen molar-refractivity contribution in [3.63, 3.8) is 0 Å². The average Bonchev–Trinajstić information content (AvgIpc) is 3.28. The van der Waals surface area contributed by atoms with Gasteiger partial charge in [0.05, 0.1) is 15.6 Å². The Labute approximate surface area is 244 Å². The van der Waals surface area contributed by atoms with Gasteiger partial charge in [0.25, 0.3) is 0 Å². The topological polar surface area (TPSA) is 110 Å². The number of hydrogen-bond donors (Lipinski definition) is 2. The molecule has 1 saturated heterocycles. The molecule has 216 valence electrons. The number of carbonyl (C=O) groups excluding carboxylic acids is 2. The molecule has 0 atom stereocenters. The van der Waals surface area contributed by atoms with Crippen LogP contribution in [0.5, 0.6) is 0 Å². The lowest BCUT2D eigenvalue weighted by molar-refractivity contribution is 0.0447. The Morgan fingerprint density at radius 3 is 2.25 bits per heavy atom. The van der Waals surface area contributed by atoms with Gasteiger partial charge in [0.15, 0.2) is 11.5 Å². The fourth-order valence-electron chi connectivity index (χ4n) is 4.50. The summed E-state index contributed by atoms with van der Waals surface area (Å²) in [6.45, 7) is 14.1. The number of benzene rings is 1. The normalized spacial score (nSPS) is 15.6. The van der Waals surface area contributed by atoms with Gasteiger partial charge in [-0.3, -0.25) is 9.72 Å². The SMILES string of the molecule is CC1(NC(=O)OC(C)(C)C)CCN(c2nc(NC(=O)OC(C)(C)C)c(-c3cccc(Cl)c3Cl)c3nccn23)CC1. The molecule has 3 aromatic rings. The zero-order valence-electron chi connectivity index (χ0n) is 23.9. The first-order valence-electron chi connectivity index (χ1n) is 13.1. The molecule has 0 radical (unpaired) electrons. The standard InChI is InChI=1S/C28H36Cl2N6O4/c1-26(2,3)39-24(37)33-21-19(17-9-8-10-18(29)20(17)30)22-31-13-16-36(22)23(32-21)35-14-11-28(7,12-15-35)34-25(38)40-27(4,5)6/h8-10,13,16H,11-12,14-15H2,1-7H3,(H,33,37)(H,34,38). The van der Waals surface area contributed by atoms with Crippen LogP contribution in [0.3, 0.4) is 0 Å². The van der Waals surface area contributed by atoms with E-state index in [9.17, 15) is 9.59 Å². The monoisotopic (exact) mass is 590 g/mol. The summed E-state index contributed by atoms with van der Waals surface area (Å²) in [4.78, 5) is 36.9. The molecular formula is C28H36Cl2N6O4. The smallest absolute Gasteiger partial charge is 0.413 e. The molecule has 1 aromatic carbocycles. The molecule has 0 spiro atoms. The Balaban J connectivity index is 1.71. The van der Waals surface area contributed by atoms with Gasteiger partial charge in [-0.2, -0.15) is 4.98 Å². The summed E-state index contributed by atoms with van der Waals surface area (Å²) in [5.74, 6) is 0.826. The van der Waals surface area contributed by atoms with Gasteiger partial charge in [-0.1, -0.05) is 35.3 Å². The van der Waals surface area contributed by atoms with Gasteiger partial charge in [0, 0.05) is 36.6 Å². The van der Waals surface area contributed by atoms with Crippen molar-refractivity contribution in [1.29, 1.82) is 0 Å². The fraction of sp³-hybridized carbons (Fsp3) is 0.500. The molecule has 0 bridgehead atoms. The number of rotatable bonds is 4. The number of alkyl carbamates (subject to hydrolysis) is 1. The maximum atomic E-state index is 12.9. The second kappa shape index (κ2) is 11.0. The first kappa shape index (κ1) is 29.7. The van der Waals surface area contributed by atoms with Gasteiger partial charge >= 0.3 is 12.2 Å². The van der Waals surface area contributed by atoms with E-state index in [1.54, 1.807) is 45.2 Å². The van der Waals surface area contributed by atoms with Gasteiger partial charge in [-0.25, -0.2) is 14.6 Å². The van der Waals surface area contributed by atoms with Crippen molar-refractivity contribution in [2.75, 3.05) is 23.3 Å². The molecule has 0 aliphatic carbocycles. The number of carbonyl (C=O) groups is 2. The minimum Gasteiger partial charge on any atom is -0.444 e. The zero-order valence-corrected chi connectivity index (χ0v) is 25.4. The summed E-state index contributed by atoms with van der Waals surface area (Å²) in [6.07, 6.45) is 3.68. The molecule has 2 aromatic heterocycles. The van der Waals surface area contributed by atoms with Crippen LogP contribution in [-0.2, 0) is 9.47 Å². The van der Waals surface area contributed by atoms with E-state index in [0.717, 1.165) is 0 Å². The number of ether oxygens (including phenoxy) is 2. The summed E-state index contributed by atoms with van der Waals surface area (Å²) in [7, 11) is 0. The number of fused-ring (bicyclic) bond motifs is 1. The van der Waals surface area contributed by atoms with Crippen LogP contribution in [-0.4, -0.2) is 56.4 Å². The third kappa shape index (κ3) is 6.90. The van der Waals surface area contributed by atoms with Crippen molar-refractivity contribution in [3.8, 4) is 11.1 Å². The Hall–Kier alpha value is -3.24. The molecule has 0 saturated carbocycles. The summed E-state index contributed by atoms with van der Waals surface area (Å²) >= 11 is 13.0. The van der Waals surface area contributed by atoms with Crippen molar-refractivity contribution in [2.45, 2.75) is 78.0 Å². The summed E-state index contributed by atoms with van der Waals surface area (Å²) < 4.78 is 12.8. The highest BCUT2D eigenvalue weighted by Gasteiger charge is 2.35. The second-order valence-electron chi connectivity index (χ2n) is 12.2. The van der Waals surface area contributed by atoms with E-state index in [1.165, 1.54) is 0 Å². The molecule has 0 unspecified atom stereocenters. The van der Waals surface area contributed by atoms with Crippen LogP contribution in [0.25, 0.3) is 16.8 Å². The number of nitrogens with one attached hydrogen (secondary N) is 2. The van der Waals surface area contributed by atoms with Crippen molar-refractivity contribution in [2.24, 2.45) is 0 Å². The van der Waals surface area contributed by atoms with Crippen LogP contribution >= 0.6 is 23.2 Å².